The number of carbonyl (C=O) groups is 1. The van der Waals surface area contributed by atoms with Crippen molar-refractivity contribution >= 4 is 23.4 Å². The van der Waals surface area contributed by atoms with Gasteiger partial charge in [-0.3, -0.25) is 4.79 Å². The molecule has 1 saturated heterocycles. The monoisotopic (exact) mass is 401 g/mol. The Balaban J connectivity index is 1.37. The molecule has 0 atom stereocenters. The van der Waals surface area contributed by atoms with E-state index in [4.69, 9.17) is 4.98 Å². The first-order valence-electron chi connectivity index (χ1n) is 10.5. The van der Waals surface area contributed by atoms with Crippen LogP contribution in [0.5, 0.6) is 0 Å². The number of amides is 1. The van der Waals surface area contributed by atoms with E-state index in [1.165, 1.54) is 5.56 Å². The van der Waals surface area contributed by atoms with Crippen molar-refractivity contribution in [2.75, 3.05) is 36.4 Å². The lowest BCUT2D eigenvalue weighted by Gasteiger charge is -2.35. The van der Waals surface area contributed by atoms with Crippen molar-refractivity contribution < 1.29 is 4.79 Å². The minimum atomic E-state index is 0.182. The lowest BCUT2D eigenvalue weighted by atomic mass is 10.1. The van der Waals surface area contributed by atoms with Gasteiger partial charge in [-0.1, -0.05) is 55.5 Å². The fourth-order valence-corrected chi connectivity index (χ4v) is 3.72. The number of nitrogens with zero attached hydrogens (tertiary/aromatic N) is 4. The first kappa shape index (κ1) is 19.9. The van der Waals surface area contributed by atoms with Gasteiger partial charge in [0.05, 0.1) is 6.42 Å². The summed E-state index contributed by atoms with van der Waals surface area (Å²) in [5, 5.41) is 3.34. The van der Waals surface area contributed by atoms with Crippen LogP contribution < -0.4 is 10.2 Å². The van der Waals surface area contributed by atoms with Gasteiger partial charge in [-0.05, 0) is 29.7 Å². The van der Waals surface area contributed by atoms with Gasteiger partial charge in [0.25, 0.3) is 0 Å². The van der Waals surface area contributed by atoms with E-state index in [1.807, 2.05) is 59.5 Å². The third-order valence-electron chi connectivity index (χ3n) is 5.44. The number of carbonyl (C=O) groups excluding carboxylic acids is 1. The first-order valence-corrected chi connectivity index (χ1v) is 10.5. The maximum atomic E-state index is 12.6. The highest BCUT2D eigenvalue weighted by molar-refractivity contribution is 5.79. The van der Waals surface area contributed by atoms with Crippen molar-refractivity contribution in [3.05, 3.63) is 78.0 Å². The quantitative estimate of drug-likeness (QED) is 0.683. The largest absolute Gasteiger partial charge is 0.353 e. The number of benzene rings is 2. The molecule has 1 aliphatic heterocycles. The summed E-state index contributed by atoms with van der Waals surface area (Å²) in [6, 6.07) is 20.1. The average molecular weight is 402 g/mol. The molecule has 1 N–H and O–H groups in total. The standard InChI is InChI=1S/C24H27N5O/c1-2-20-10-6-7-11-21(20)26-24-25-13-12-22(27-24)28-14-16-29(17-15-28)23(30)18-19-8-4-3-5-9-19/h3-13H,2,14-18H2,1H3,(H,25,26,27). The zero-order valence-electron chi connectivity index (χ0n) is 17.3. The molecule has 4 rings (SSSR count). The Bertz CT molecular complexity index is 984. The molecule has 154 valence electrons. The van der Waals surface area contributed by atoms with Gasteiger partial charge >= 0.3 is 0 Å². The highest BCUT2D eigenvalue weighted by atomic mass is 16.2. The molecule has 0 bridgehead atoms. The molecule has 0 unspecified atom stereocenters. The van der Waals surface area contributed by atoms with E-state index in [0.717, 1.165) is 36.6 Å². The van der Waals surface area contributed by atoms with E-state index >= 15 is 0 Å². The van der Waals surface area contributed by atoms with Gasteiger partial charge in [-0.25, -0.2) is 4.98 Å². The van der Waals surface area contributed by atoms with Crippen LogP contribution in [0.3, 0.4) is 0 Å². The van der Waals surface area contributed by atoms with Crippen molar-refractivity contribution in [1.82, 2.24) is 14.9 Å². The molecule has 3 aromatic rings. The molecule has 0 aliphatic carbocycles. The number of aromatic nitrogens is 2. The number of para-hydroxylation sites is 1. The minimum Gasteiger partial charge on any atom is -0.353 e. The molecule has 1 fully saturated rings. The van der Waals surface area contributed by atoms with Crippen LogP contribution in [-0.2, 0) is 17.6 Å². The Kier molecular flexibility index (Phi) is 6.23. The molecule has 2 aromatic carbocycles. The predicted molar refractivity (Wildman–Crippen MR) is 120 cm³/mol. The van der Waals surface area contributed by atoms with Gasteiger partial charge in [0.1, 0.15) is 5.82 Å². The zero-order valence-corrected chi connectivity index (χ0v) is 17.3. The van der Waals surface area contributed by atoms with Crippen LogP contribution in [0.4, 0.5) is 17.5 Å². The summed E-state index contributed by atoms with van der Waals surface area (Å²) < 4.78 is 0. The average Bonchev–Trinajstić information content (AvgIpc) is 2.80. The van der Waals surface area contributed by atoms with E-state index in [-0.39, 0.29) is 5.91 Å². The van der Waals surface area contributed by atoms with Crippen LogP contribution in [0, 0.1) is 0 Å². The topological polar surface area (TPSA) is 61.4 Å². The smallest absolute Gasteiger partial charge is 0.229 e. The van der Waals surface area contributed by atoms with Crippen LogP contribution in [0.1, 0.15) is 18.1 Å². The molecule has 1 amide bonds. The van der Waals surface area contributed by atoms with E-state index in [0.29, 0.717) is 25.5 Å². The molecule has 6 heteroatoms. The van der Waals surface area contributed by atoms with E-state index < -0.39 is 0 Å². The summed E-state index contributed by atoms with van der Waals surface area (Å²) in [7, 11) is 0. The third kappa shape index (κ3) is 4.76. The van der Waals surface area contributed by atoms with Gasteiger partial charge in [-0.15, -0.1) is 0 Å². The van der Waals surface area contributed by atoms with Crippen molar-refractivity contribution in [2.24, 2.45) is 0 Å². The summed E-state index contributed by atoms with van der Waals surface area (Å²) in [5.41, 5.74) is 3.33. The molecule has 0 saturated carbocycles. The second-order valence-electron chi connectivity index (χ2n) is 7.40. The number of rotatable bonds is 6. The summed E-state index contributed by atoms with van der Waals surface area (Å²) in [6.07, 6.45) is 3.19. The number of aryl methyl sites for hydroxylation is 1. The van der Waals surface area contributed by atoms with Gasteiger partial charge in [0.15, 0.2) is 0 Å². The summed E-state index contributed by atoms with van der Waals surface area (Å²) >= 11 is 0. The van der Waals surface area contributed by atoms with Crippen molar-refractivity contribution in [3.8, 4) is 0 Å². The molecular weight excluding hydrogens is 374 g/mol. The second-order valence-corrected chi connectivity index (χ2v) is 7.40. The van der Waals surface area contributed by atoms with Crippen molar-refractivity contribution in [2.45, 2.75) is 19.8 Å². The van der Waals surface area contributed by atoms with Crippen LogP contribution in [-0.4, -0.2) is 47.0 Å². The van der Waals surface area contributed by atoms with E-state index in [9.17, 15) is 4.79 Å². The first-order chi connectivity index (χ1) is 14.7. The minimum absolute atomic E-state index is 0.182. The SMILES string of the molecule is CCc1ccccc1Nc1nccc(N2CCN(C(=O)Cc3ccccc3)CC2)n1. The Hall–Kier alpha value is -3.41. The summed E-state index contributed by atoms with van der Waals surface area (Å²) in [5.74, 6) is 1.66. The highest BCUT2D eigenvalue weighted by Crippen LogP contribution is 2.21. The molecular formula is C24H27N5O. The van der Waals surface area contributed by atoms with Crippen LogP contribution in [0.15, 0.2) is 66.9 Å². The molecule has 6 nitrogen and oxygen atoms in total. The van der Waals surface area contributed by atoms with Gasteiger partial charge in [-0.2, -0.15) is 4.98 Å². The molecule has 1 aromatic heterocycles. The fraction of sp³-hybridized carbons (Fsp3) is 0.292. The number of hydrogen-bond donors (Lipinski definition) is 1. The molecule has 2 heterocycles. The van der Waals surface area contributed by atoms with Crippen LogP contribution >= 0.6 is 0 Å². The predicted octanol–water partition coefficient (Wildman–Crippen LogP) is 3.67. The Labute approximate surface area is 177 Å². The number of nitrogens with one attached hydrogen (secondary N) is 1. The van der Waals surface area contributed by atoms with E-state index in [1.54, 1.807) is 6.20 Å². The van der Waals surface area contributed by atoms with Crippen LogP contribution in [0.2, 0.25) is 0 Å². The summed E-state index contributed by atoms with van der Waals surface area (Å²) in [6.45, 7) is 5.08. The normalized spacial score (nSPS) is 13.9. The molecule has 0 radical (unpaired) electrons. The highest BCUT2D eigenvalue weighted by Gasteiger charge is 2.22. The van der Waals surface area contributed by atoms with Crippen molar-refractivity contribution in [1.29, 1.82) is 0 Å². The zero-order chi connectivity index (χ0) is 20.8. The van der Waals surface area contributed by atoms with Gasteiger partial charge < -0.3 is 15.1 Å². The Morgan fingerprint density at radius 1 is 0.967 bits per heavy atom. The van der Waals surface area contributed by atoms with E-state index in [2.05, 4.69) is 28.2 Å². The third-order valence-corrected chi connectivity index (χ3v) is 5.44. The number of hydrogen-bond acceptors (Lipinski definition) is 5. The van der Waals surface area contributed by atoms with Gasteiger partial charge in [0, 0.05) is 38.1 Å². The van der Waals surface area contributed by atoms with Crippen LogP contribution in [0.25, 0.3) is 0 Å². The maximum Gasteiger partial charge on any atom is 0.229 e. The maximum absolute atomic E-state index is 12.6. The molecule has 0 spiro atoms. The van der Waals surface area contributed by atoms with Crippen molar-refractivity contribution in [3.63, 3.8) is 0 Å². The fourth-order valence-electron chi connectivity index (χ4n) is 3.72. The Morgan fingerprint density at radius 2 is 1.70 bits per heavy atom. The molecule has 30 heavy (non-hydrogen) atoms. The van der Waals surface area contributed by atoms with Gasteiger partial charge in [0.2, 0.25) is 11.9 Å². The Morgan fingerprint density at radius 3 is 2.47 bits per heavy atom. The lowest BCUT2D eigenvalue weighted by molar-refractivity contribution is -0.130. The number of piperazine rings is 1. The number of anilines is 3. The molecule has 1 aliphatic rings. The lowest BCUT2D eigenvalue weighted by Crippen LogP contribution is -2.49. The summed E-state index contributed by atoms with van der Waals surface area (Å²) in [4.78, 5) is 25.8. The second kappa shape index (κ2) is 9.39.